The van der Waals surface area contributed by atoms with Crippen molar-refractivity contribution in [2.75, 3.05) is 0 Å². The summed E-state index contributed by atoms with van der Waals surface area (Å²) in [4.78, 5) is 18.9. The predicted octanol–water partition coefficient (Wildman–Crippen LogP) is 2.08. The summed E-state index contributed by atoms with van der Waals surface area (Å²) in [5.74, 6) is -1.66. The van der Waals surface area contributed by atoms with Crippen LogP contribution in [0.4, 0.5) is 0 Å². The average Bonchev–Trinajstić information content (AvgIpc) is 2.14. The molecular formula is C13H24KLiO4. The molecule has 19 heavy (non-hydrogen) atoms. The van der Waals surface area contributed by atoms with Crippen LogP contribution in [-0.4, -0.2) is 91.3 Å². The number of carboxylic acid groups (broad SMARTS) is 2. The zero-order chi connectivity index (χ0) is 14.3. The van der Waals surface area contributed by atoms with Crippen molar-refractivity contribution in [2.24, 2.45) is 11.3 Å². The molecule has 0 aromatic rings. The van der Waals surface area contributed by atoms with Gasteiger partial charge in [-0.1, -0.05) is 0 Å². The maximum absolute atomic E-state index is 9.43. The fourth-order valence-electron chi connectivity index (χ4n) is 2.73. The molecule has 0 bridgehead atoms. The summed E-state index contributed by atoms with van der Waals surface area (Å²) in [6, 6.07) is 0. The summed E-state index contributed by atoms with van der Waals surface area (Å²) in [5.41, 5.74) is 0.542. The Bertz CT molecular complexity index is 277. The van der Waals surface area contributed by atoms with Crippen molar-refractivity contribution in [1.82, 2.24) is 0 Å². The van der Waals surface area contributed by atoms with E-state index >= 15 is 0 Å². The van der Waals surface area contributed by atoms with Crippen LogP contribution in [0, 0.1) is 11.3 Å². The Hall–Kier alpha value is 1.17. The monoisotopic (exact) mass is 290 g/mol. The molecule has 6 heteroatoms. The van der Waals surface area contributed by atoms with Gasteiger partial charge in [-0.2, -0.15) is 0 Å². The fourth-order valence-corrected chi connectivity index (χ4v) is 2.73. The minimum atomic E-state index is -1.31. The Morgan fingerprint density at radius 1 is 1.11 bits per heavy atom. The van der Waals surface area contributed by atoms with Gasteiger partial charge in [-0.05, 0) is 0 Å². The van der Waals surface area contributed by atoms with Crippen LogP contribution in [0.5, 0.6) is 0 Å². The standard InChI is InChI=1S/C10H19.C3H4O4.K.Li.H/c1-10(2,3)9-7-5-4-6-8-9;4-2(5)1-3(6)7;;;/h7,9H,4-6,8H2,1-3H3;1H2,(H,4,5)(H,6,7);;;. The Balaban J connectivity index is 0. The van der Waals surface area contributed by atoms with Crippen LogP contribution in [-0.2, 0) is 9.59 Å². The molecule has 0 aromatic carbocycles. The van der Waals surface area contributed by atoms with Gasteiger partial charge in [0.05, 0.1) is 0 Å². The second-order valence-electron chi connectivity index (χ2n) is 6.20. The zero-order valence-corrected chi connectivity index (χ0v) is 11.9. The van der Waals surface area contributed by atoms with Crippen molar-refractivity contribution in [1.29, 1.82) is 0 Å². The van der Waals surface area contributed by atoms with E-state index in [1.54, 1.807) is 0 Å². The normalized spacial score (nSPS) is 22.6. The summed E-state index contributed by atoms with van der Waals surface area (Å²) >= 11 is 2.43. The minimum absolute atomic E-state index is 0. The molecule has 0 heterocycles. The molecule has 1 fully saturated rings. The van der Waals surface area contributed by atoms with E-state index in [0.717, 1.165) is 10.5 Å². The number of carbonyl (C=O) groups is 2. The zero-order valence-electron chi connectivity index (χ0n) is 11.9. The number of hydrogen-bond donors (Lipinski definition) is 2. The second kappa shape index (κ2) is 10.8. The van der Waals surface area contributed by atoms with Crippen molar-refractivity contribution >= 4 is 81.0 Å². The Morgan fingerprint density at radius 2 is 1.53 bits per heavy atom. The van der Waals surface area contributed by atoms with Gasteiger partial charge in [0.2, 0.25) is 0 Å². The van der Waals surface area contributed by atoms with Crippen molar-refractivity contribution in [3.05, 3.63) is 0 Å². The second-order valence-corrected chi connectivity index (χ2v) is 6.20. The molecular weight excluding hydrogens is 266 g/mol. The molecule has 2 atom stereocenters. The molecule has 2 unspecified atom stereocenters. The number of aliphatic carboxylic acids is 2. The third-order valence-electron chi connectivity index (χ3n) is 3.53. The third kappa shape index (κ3) is 11.5. The molecule has 0 amide bonds. The van der Waals surface area contributed by atoms with E-state index in [1.807, 2.05) is 0 Å². The van der Waals surface area contributed by atoms with E-state index < -0.39 is 18.4 Å². The summed E-state index contributed by atoms with van der Waals surface area (Å²) in [7, 11) is 0. The molecule has 0 radical (unpaired) electrons. The first-order valence-corrected chi connectivity index (χ1v) is 6.58. The van der Waals surface area contributed by atoms with Gasteiger partial charge in [0.15, 0.2) is 0 Å². The molecule has 2 N–H and O–H groups in total. The molecule has 1 rings (SSSR count). The van der Waals surface area contributed by atoms with Crippen LogP contribution in [0.15, 0.2) is 0 Å². The first kappa shape index (κ1) is 22.5. The van der Waals surface area contributed by atoms with Gasteiger partial charge < -0.3 is 10.2 Å². The van der Waals surface area contributed by atoms with Gasteiger partial charge in [0.25, 0.3) is 0 Å². The van der Waals surface area contributed by atoms with Crippen molar-refractivity contribution < 1.29 is 19.8 Å². The van der Waals surface area contributed by atoms with Gasteiger partial charge in [0, 0.05) is 0 Å². The van der Waals surface area contributed by atoms with Gasteiger partial charge in [-0.3, -0.25) is 9.59 Å². The van der Waals surface area contributed by atoms with Crippen molar-refractivity contribution in [3.63, 3.8) is 0 Å². The molecule has 0 spiro atoms. The van der Waals surface area contributed by atoms with Gasteiger partial charge in [-0.25, -0.2) is 0 Å². The molecule has 1 saturated carbocycles. The molecule has 0 aromatic heterocycles. The maximum atomic E-state index is 9.43. The van der Waals surface area contributed by atoms with Crippen LogP contribution in [0.1, 0.15) is 52.9 Å². The summed E-state index contributed by atoms with van der Waals surface area (Å²) < 4.78 is 0.962. The van der Waals surface area contributed by atoms with Crippen molar-refractivity contribution in [3.8, 4) is 0 Å². The van der Waals surface area contributed by atoms with Gasteiger partial charge in [0.1, 0.15) is 6.42 Å². The molecule has 0 aliphatic heterocycles. The first-order chi connectivity index (χ1) is 8.14. The van der Waals surface area contributed by atoms with Gasteiger partial charge in [-0.15, -0.1) is 0 Å². The van der Waals surface area contributed by atoms with Crippen LogP contribution < -0.4 is 0 Å². The summed E-state index contributed by atoms with van der Waals surface area (Å²) in [6.07, 6.45) is 5.05. The number of rotatable bonds is 2. The Kier molecular flexibility index (Phi) is 12.8. The Labute approximate surface area is 167 Å². The first-order valence-electron chi connectivity index (χ1n) is 6.58. The molecule has 102 valence electrons. The van der Waals surface area contributed by atoms with E-state index in [2.05, 4.69) is 38.5 Å². The SMILES string of the molecule is O=C(O)CC(=O)O.[KH].[Li][CH]1CCCCC1C(C)(C)C. The predicted molar refractivity (Wildman–Crippen MR) is 78.0 cm³/mol. The van der Waals surface area contributed by atoms with Crippen LogP contribution in [0.25, 0.3) is 0 Å². The van der Waals surface area contributed by atoms with E-state index in [9.17, 15) is 9.59 Å². The Morgan fingerprint density at radius 3 is 1.74 bits per heavy atom. The van der Waals surface area contributed by atoms with E-state index in [1.165, 1.54) is 25.7 Å². The molecule has 1 aliphatic carbocycles. The number of carboxylic acids is 2. The third-order valence-corrected chi connectivity index (χ3v) is 3.53. The van der Waals surface area contributed by atoms with Crippen LogP contribution in [0.2, 0.25) is 4.59 Å². The molecule has 1 aliphatic rings. The topological polar surface area (TPSA) is 74.6 Å². The summed E-state index contributed by atoms with van der Waals surface area (Å²) in [5, 5.41) is 15.4. The summed E-state index contributed by atoms with van der Waals surface area (Å²) in [6.45, 7) is 7.17. The van der Waals surface area contributed by atoms with Crippen LogP contribution >= 0.6 is 0 Å². The van der Waals surface area contributed by atoms with E-state index in [0.29, 0.717) is 5.41 Å². The van der Waals surface area contributed by atoms with E-state index in [4.69, 9.17) is 10.2 Å². The van der Waals surface area contributed by atoms with Crippen LogP contribution in [0.3, 0.4) is 0 Å². The quantitative estimate of drug-likeness (QED) is 0.603. The van der Waals surface area contributed by atoms with Gasteiger partial charge >= 0.3 is 143 Å². The number of hydrogen-bond acceptors (Lipinski definition) is 2. The average molecular weight is 290 g/mol. The molecule has 0 saturated heterocycles. The molecule has 4 nitrogen and oxygen atoms in total. The fraction of sp³-hybridized carbons (Fsp3) is 0.846. The van der Waals surface area contributed by atoms with E-state index in [-0.39, 0.29) is 51.4 Å². The van der Waals surface area contributed by atoms with Crippen molar-refractivity contribution in [2.45, 2.75) is 57.5 Å².